The molecular formula is C6H18N2O. The monoisotopic (exact) mass is 134 g/mol. The number of nitrogens with two attached hydrogens (primary N) is 1. The van der Waals surface area contributed by atoms with Gasteiger partial charge in [-0.15, -0.1) is 0 Å². The van der Waals surface area contributed by atoms with Crippen molar-refractivity contribution in [3.05, 3.63) is 0 Å². The fourth-order valence-corrected chi connectivity index (χ4v) is 0.306. The Kier molecular flexibility index (Phi) is 20.3. The van der Waals surface area contributed by atoms with Gasteiger partial charge in [-0.2, -0.15) is 0 Å². The predicted molar refractivity (Wildman–Crippen MR) is 40.4 cm³/mol. The van der Waals surface area contributed by atoms with Gasteiger partial charge in [0, 0.05) is 19.6 Å². The van der Waals surface area contributed by atoms with E-state index in [1.54, 1.807) is 0 Å². The van der Waals surface area contributed by atoms with Crippen LogP contribution in [0.5, 0.6) is 0 Å². The fourth-order valence-electron chi connectivity index (χ4n) is 0.306. The Morgan fingerprint density at radius 3 is 2.22 bits per heavy atom. The molecule has 0 radical (unpaired) electrons. The van der Waals surface area contributed by atoms with Gasteiger partial charge < -0.3 is 16.2 Å². The van der Waals surface area contributed by atoms with Gasteiger partial charge in [0.25, 0.3) is 0 Å². The lowest BCUT2D eigenvalue weighted by Crippen LogP contribution is -2.24. The van der Waals surface area contributed by atoms with E-state index >= 15 is 0 Å². The van der Waals surface area contributed by atoms with Gasteiger partial charge in [-0.3, -0.25) is 0 Å². The van der Waals surface area contributed by atoms with Crippen molar-refractivity contribution in [2.45, 2.75) is 13.8 Å². The summed E-state index contributed by atoms with van der Waals surface area (Å²) in [6, 6.07) is 0. The molecule has 0 bridgehead atoms. The minimum atomic E-state index is 0.194. The van der Waals surface area contributed by atoms with Crippen molar-refractivity contribution in [2.24, 2.45) is 5.73 Å². The molecule has 9 heavy (non-hydrogen) atoms. The lowest BCUT2D eigenvalue weighted by molar-refractivity contribution is 0.293. The largest absolute Gasteiger partial charge is 0.395 e. The van der Waals surface area contributed by atoms with Crippen molar-refractivity contribution in [1.82, 2.24) is 5.32 Å². The van der Waals surface area contributed by atoms with Crippen molar-refractivity contribution < 1.29 is 5.11 Å². The molecule has 0 atom stereocenters. The molecule has 0 aromatic rings. The Morgan fingerprint density at radius 2 is 1.89 bits per heavy atom. The van der Waals surface area contributed by atoms with Gasteiger partial charge in [-0.25, -0.2) is 0 Å². The summed E-state index contributed by atoms with van der Waals surface area (Å²) in [5, 5.41) is 11.1. The maximum atomic E-state index is 8.19. The van der Waals surface area contributed by atoms with Crippen LogP contribution in [0.1, 0.15) is 13.8 Å². The molecule has 0 amide bonds. The van der Waals surface area contributed by atoms with Gasteiger partial charge >= 0.3 is 0 Å². The molecule has 58 valence electrons. The van der Waals surface area contributed by atoms with Crippen LogP contribution >= 0.6 is 0 Å². The lowest BCUT2D eigenvalue weighted by Gasteiger charge is -1.95. The molecule has 0 unspecified atom stereocenters. The molecule has 0 rings (SSSR count). The van der Waals surface area contributed by atoms with E-state index in [1.165, 1.54) is 0 Å². The van der Waals surface area contributed by atoms with E-state index in [1.807, 2.05) is 13.8 Å². The maximum absolute atomic E-state index is 8.19. The Labute approximate surface area is 57.3 Å². The maximum Gasteiger partial charge on any atom is 0.0555 e. The number of aliphatic hydroxyl groups excluding tert-OH is 1. The van der Waals surface area contributed by atoms with Crippen LogP contribution in [0.2, 0.25) is 0 Å². The zero-order chi connectivity index (χ0) is 7.54. The Morgan fingerprint density at radius 1 is 1.33 bits per heavy atom. The second kappa shape index (κ2) is 15.7. The molecular weight excluding hydrogens is 116 g/mol. The summed E-state index contributed by atoms with van der Waals surface area (Å²) in [4.78, 5) is 0. The van der Waals surface area contributed by atoms with Gasteiger partial charge in [0.2, 0.25) is 0 Å². The SMILES string of the molecule is CC.NCCNCCO. The zero-order valence-corrected chi connectivity index (χ0v) is 6.35. The van der Waals surface area contributed by atoms with Crippen LogP contribution in [0, 0.1) is 0 Å². The number of rotatable bonds is 4. The van der Waals surface area contributed by atoms with Crippen LogP contribution < -0.4 is 11.1 Å². The molecule has 0 saturated carbocycles. The van der Waals surface area contributed by atoms with E-state index in [-0.39, 0.29) is 6.61 Å². The third-order valence-electron chi connectivity index (χ3n) is 0.610. The Balaban J connectivity index is 0. The molecule has 0 aliphatic carbocycles. The van der Waals surface area contributed by atoms with Crippen molar-refractivity contribution in [3.8, 4) is 0 Å². The highest BCUT2D eigenvalue weighted by molar-refractivity contribution is 4.42. The zero-order valence-electron chi connectivity index (χ0n) is 6.35. The van der Waals surface area contributed by atoms with Crippen LogP contribution in [-0.4, -0.2) is 31.3 Å². The summed E-state index contributed by atoms with van der Waals surface area (Å²) in [7, 11) is 0. The number of nitrogens with one attached hydrogen (secondary N) is 1. The van der Waals surface area contributed by atoms with Crippen molar-refractivity contribution in [1.29, 1.82) is 0 Å². The van der Waals surface area contributed by atoms with Gasteiger partial charge in [-0.1, -0.05) is 13.8 Å². The minimum Gasteiger partial charge on any atom is -0.395 e. The molecule has 4 N–H and O–H groups in total. The van der Waals surface area contributed by atoms with E-state index in [0.717, 1.165) is 6.54 Å². The first-order chi connectivity index (χ1) is 4.41. The molecule has 0 aliphatic heterocycles. The van der Waals surface area contributed by atoms with E-state index < -0.39 is 0 Å². The normalized spacial score (nSPS) is 8.00. The predicted octanol–water partition coefficient (Wildman–Crippen LogP) is -0.447. The summed E-state index contributed by atoms with van der Waals surface area (Å²) >= 11 is 0. The summed E-state index contributed by atoms with van der Waals surface area (Å²) in [6.45, 7) is 6.28. The number of aliphatic hydroxyl groups is 1. The highest BCUT2D eigenvalue weighted by Crippen LogP contribution is 1.51. The lowest BCUT2D eigenvalue weighted by atomic mass is 10.6. The van der Waals surface area contributed by atoms with Crippen molar-refractivity contribution in [3.63, 3.8) is 0 Å². The molecule has 0 aliphatic rings. The molecule has 0 heterocycles. The van der Waals surface area contributed by atoms with Crippen LogP contribution in [0.3, 0.4) is 0 Å². The van der Waals surface area contributed by atoms with Gasteiger partial charge in [0.05, 0.1) is 6.61 Å². The molecule has 0 aromatic carbocycles. The first-order valence-corrected chi connectivity index (χ1v) is 3.43. The summed E-state index contributed by atoms with van der Waals surface area (Å²) < 4.78 is 0. The number of hydrogen-bond donors (Lipinski definition) is 3. The van der Waals surface area contributed by atoms with Gasteiger partial charge in [0.1, 0.15) is 0 Å². The van der Waals surface area contributed by atoms with Gasteiger partial charge in [-0.05, 0) is 0 Å². The Hall–Kier alpha value is -0.120. The van der Waals surface area contributed by atoms with Crippen LogP contribution in [-0.2, 0) is 0 Å². The average molecular weight is 134 g/mol. The molecule has 3 nitrogen and oxygen atoms in total. The minimum absolute atomic E-state index is 0.194. The fraction of sp³-hybridized carbons (Fsp3) is 1.00. The highest BCUT2D eigenvalue weighted by atomic mass is 16.3. The molecule has 0 aromatic heterocycles. The first-order valence-electron chi connectivity index (χ1n) is 3.43. The standard InChI is InChI=1S/C4H12N2O.C2H6/c5-1-2-6-3-4-7;1-2/h6-7H,1-5H2;1-2H3. The number of hydrogen-bond acceptors (Lipinski definition) is 3. The van der Waals surface area contributed by atoms with E-state index in [4.69, 9.17) is 10.8 Å². The second-order valence-electron chi connectivity index (χ2n) is 1.26. The van der Waals surface area contributed by atoms with Crippen molar-refractivity contribution >= 4 is 0 Å². The third-order valence-corrected chi connectivity index (χ3v) is 0.610. The van der Waals surface area contributed by atoms with Crippen LogP contribution in [0.15, 0.2) is 0 Å². The van der Waals surface area contributed by atoms with E-state index in [0.29, 0.717) is 13.1 Å². The van der Waals surface area contributed by atoms with E-state index in [9.17, 15) is 0 Å². The molecule has 0 saturated heterocycles. The highest BCUT2D eigenvalue weighted by Gasteiger charge is 1.77. The van der Waals surface area contributed by atoms with E-state index in [2.05, 4.69) is 5.32 Å². The summed E-state index contributed by atoms with van der Waals surface area (Å²) in [5.74, 6) is 0. The smallest absolute Gasteiger partial charge is 0.0555 e. The second-order valence-corrected chi connectivity index (χ2v) is 1.26. The molecule has 0 spiro atoms. The third kappa shape index (κ3) is 18.1. The summed E-state index contributed by atoms with van der Waals surface area (Å²) in [5.41, 5.74) is 5.13. The molecule has 0 fully saturated rings. The summed E-state index contributed by atoms with van der Waals surface area (Å²) in [6.07, 6.45) is 0. The van der Waals surface area contributed by atoms with Crippen LogP contribution in [0.4, 0.5) is 0 Å². The van der Waals surface area contributed by atoms with Crippen LogP contribution in [0.25, 0.3) is 0 Å². The average Bonchev–Trinajstić information content (AvgIpc) is 1.94. The van der Waals surface area contributed by atoms with Crippen molar-refractivity contribution in [2.75, 3.05) is 26.2 Å². The van der Waals surface area contributed by atoms with Gasteiger partial charge in [0.15, 0.2) is 0 Å². The first kappa shape index (κ1) is 11.6. The topological polar surface area (TPSA) is 58.3 Å². The molecule has 3 heteroatoms. The Bertz CT molecular complexity index is 30.2. The quantitative estimate of drug-likeness (QED) is 0.457.